The summed E-state index contributed by atoms with van der Waals surface area (Å²) >= 11 is 0. The number of nitrogens with zero attached hydrogens (tertiary/aromatic N) is 1. The third-order valence-corrected chi connectivity index (χ3v) is 6.21. The van der Waals surface area contributed by atoms with Gasteiger partial charge in [0.2, 0.25) is 15.9 Å². The second-order valence-corrected chi connectivity index (χ2v) is 9.44. The minimum atomic E-state index is -3.43. The molecule has 2 aromatic rings. The number of amides is 1. The van der Waals surface area contributed by atoms with Gasteiger partial charge in [0.1, 0.15) is 5.75 Å². The molecule has 1 atom stereocenters. The number of benzene rings is 2. The normalized spacial score (nSPS) is 12.3. The highest BCUT2D eigenvalue weighted by atomic mass is 32.2. The number of aryl methyl sites for hydroxylation is 2. The minimum absolute atomic E-state index is 0.0898. The van der Waals surface area contributed by atoms with Gasteiger partial charge in [-0.2, -0.15) is 0 Å². The van der Waals surface area contributed by atoms with Crippen LogP contribution in [-0.2, 0) is 14.8 Å². The Labute approximate surface area is 180 Å². The zero-order valence-corrected chi connectivity index (χ0v) is 19.3. The molecule has 0 aliphatic heterocycles. The first-order valence-electron chi connectivity index (χ1n) is 10.1. The Bertz CT molecular complexity index is 973. The lowest BCUT2D eigenvalue weighted by Gasteiger charge is -2.23. The largest absolute Gasteiger partial charge is 0.496 e. The summed E-state index contributed by atoms with van der Waals surface area (Å²) in [7, 11) is -1.79. The van der Waals surface area contributed by atoms with Crippen LogP contribution in [0.2, 0.25) is 0 Å². The summed E-state index contributed by atoms with van der Waals surface area (Å²) in [6.07, 6.45) is 2.64. The average molecular weight is 433 g/mol. The van der Waals surface area contributed by atoms with Crippen molar-refractivity contribution < 1.29 is 17.9 Å². The molecule has 1 N–H and O–H groups in total. The SMILES string of the molecule is CC[C@H](NC(=O)CCCN(c1cccc(C)c1)S(C)(=O)=O)c1ccc(OC)c(C)c1. The van der Waals surface area contributed by atoms with Crippen molar-refractivity contribution in [3.63, 3.8) is 0 Å². The van der Waals surface area contributed by atoms with Gasteiger partial charge >= 0.3 is 0 Å². The van der Waals surface area contributed by atoms with Crippen LogP contribution >= 0.6 is 0 Å². The molecule has 1 amide bonds. The molecule has 30 heavy (non-hydrogen) atoms. The molecule has 7 heteroatoms. The van der Waals surface area contributed by atoms with E-state index in [-0.39, 0.29) is 24.9 Å². The first kappa shape index (κ1) is 23.7. The van der Waals surface area contributed by atoms with Gasteiger partial charge in [0, 0.05) is 13.0 Å². The lowest BCUT2D eigenvalue weighted by atomic mass is 10.0. The fourth-order valence-electron chi connectivity index (χ4n) is 3.46. The van der Waals surface area contributed by atoms with Crippen LogP contribution in [-0.4, -0.2) is 34.2 Å². The van der Waals surface area contributed by atoms with Gasteiger partial charge in [-0.3, -0.25) is 9.10 Å². The Hall–Kier alpha value is -2.54. The van der Waals surface area contributed by atoms with Crippen molar-refractivity contribution in [2.24, 2.45) is 0 Å². The molecule has 0 radical (unpaired) electrons. The van der Waals surface area contributed by atoms with Crippen LogP contribution in [0.4, 0.5) is 5.69 Å². The highest BCUT2D eigenvalue weighted by molar-refractivity contribution is 7.92. The van der Waals surface area contributed by atoms with Gasteiger partial charge in [0.05, 0.1) is 25.1 Å². The van der Waals surface area contributed by atoms with Crippen molar-refractivity contribution >= 4 is 21.6 Å². The summed E-state index contributed by atoms with van der Waals surface area (Å²) in [6, 6.07) is 13.2. The third kappa shape index (κ3) is 6.49. The van der Waals surface area contributed by atoms with E-state index < -0.39 is 10.0 Å². The van der Waals surface area contributed by atoms with Crippen LogP contribution in [0.3, 0.4) is 0 Å². The highest BCUT2D eigenvalue weighted by Gasteiger charge is 2.19. The van der Waals surface area contributed by atoms with Gasteiger partial charge in [-0.1, -0.05) is 31.2 Å². The van der Waals surface area contributed by atoms with Crippen LogP contribution < -0.4 is 14.4 Å². The van der Waals surface area contributed by atoms with E-state index in [0.717, 1.165) is 28.9 Å². The van der Waals surface area contributed by atoms with E-state index in [4.69, 9.17) is 4.74 Å². The number of anilines is 1. The molecular formula is C23H32N2O4S. The molecule has 0 fully saturated rings. The fourth-order valence-corrected chi connectivity index (χ4v) is 4.42. The molecule has 0 saturated heterocycles. The quantitative estimate of drug-likeness (QED) is 0.613. The Morgan fingerprint density at radius 2 is 1.90 bits per heavy atom. The zero-order chi connectivity index (χ0) is 22.3. The lowest BCUT2D eigenvalue weighted by molar-refractivity contribution is -0.121. The lowest BCUT2D eigenvalue weighted by Crippen LogP contribution is -2.33. The molecule has 164 valence electrons. The van der Waals surface area contributed by atoms with E-state index >= 15 is 0 Å². The number of hydrogen-bond acceptors (Lipinski definition) is 4. The number of nitrogens with one attached hydrogen (secondary N) is 1. The van der Waals surface area contributed by atoms with Gasteiger partial charge in [-0.05, 0) is 61.6 Å². The monoisotopic (exact) mass is 432 g/mol. The van der Waals surface area contributed by atoms with Crippen LogP contribution in [0.25, 0.3) is 0 Å². The maximum atomic E-state index is 12.5. The smallest absolute Gasteiger partial charge is 0.232 e. The summed E-state index contributed by atoms with van der Waals surface area (Å²) in [6.45, 7) is 6.17. The molecule has 0 spiro atoms. The first-order chi connectivity index (χ1) is 14.2. The van der Waals surface area contributed by atoms with Gasteiger partial charge in [-0.15, -0.1) is 0 Å². The molecular weight excluding hydrogens is 400 g/mol. The van der Waals surface area contributed by atoms with Gasteiger partial charge < -0.3 is 10.1 Å². The molecule has 2 rings (SSSR count). The molecule has 0 bridgehead atoms. The van der Waals surface area contributed by atoms with Crippen molar-refractivity contribution in [1.82, 2.24) is 5.32 Å². The first-order valence-corrected chi connectivity index (χ1v) is 12.0. The predicted molar refractivity (Wildman–Crippen MR) is 122 cm³/mol. The van der Waals surface area contributed by atoms with Crippen molar-refractivity contribution in [1.29, 1.82) is 0 Å². The van der Waals surface area contributed by atoms with E-state index in [2.05, 4.69) is 5.32 Å². The summed E-state index contributed by atoms with van der Waals surface area (Å²) in [5.74, 6) is 0.727. The Balaban J connectivity index is 1.99. The second kappa shape index (κ2) is 10.5. The Morgan fingerprint density at radius 1 is 1.17 bits per heavy atom. The molecule has 0 saturated carbocycles. The van der Waals surface area contributed by atoms with E-state index in [9.17, 15) is 13.2 Å². The molecule has 6 nitrogen and oxygen atoms in total. The van der Waals surface area contributed by atoms with Gasteiger partial charge in [0.15, 0.2) is 0 Å². The van der Waals surface area contributed by atoms with Crippen molar-refractivity contribution in [2.45, 2.75) is 46.1 Å². The number of methoxy groups -OCH3 is 1. The summed E-state index contributed by atoms with van der Waals surface area (Å²) in [4.78, 5) is 12.5. The average Bonchev–Trinajstić information content (AvgIpc) is 2.68. The number of rotatable bonds is 10. The predicted octanol–water partition coefficient (Wildman–Crippen LogP) is 4.13. The summed E-state index contributed by atoms with van der Waals surface area (Å²) in [5.41, 5.74) is 3.66. The topological polar surface area (TPSA) is 75.7 Å². The highest BCUT2D eigenvalue weighted by Crippen LogP contribution is 2.24. The molecule has 0 aliphatic carbocycles. The fraction of sp³-hybridized carbons (Fsp3) is 0.435. The van der Waals surface area contributed by atoms with E-state index in [1.54, 1.807) is 13.2 Å². The minimum Gasteiger partial charge on any atom is -0.496 e. The summed E-state index contributed by atoms with van der Waals surface area (Å²) < 4.78 is 31.1. The zero-order valence-electron chi connectivity index (χ0n) is 18.4. The van der Waals surface area contributed by atoms with Crippen LogP contribution in [0.5, 0.6) is 5.75 Å². The number of carbonyl (C=O) groups is 1. The van der Waals surface area contributed by atoms with E-state index in [0.29, 0.717) is 12.1 Å². The number of sulfonamides is 1. The van der Waals surface area contributed by atoms with E-state index in [1.165, 1.54) is 10.6 Å². The van der Waals surface area contributed by atoms with Gasteiger partial charge in [0.25, 0.3) is 0 Å². The van der Waals surface area contributed by atoms with Crippen LogP contribution in [0.1, 0.15) is 48.9 Å². The number of ether oxygens (including phenoxy) is 1. The van der Waals surface area contributed by atoms with Crippen LogP contribution in [0, 0.1) is 13.8 Å². The third-order valence-electron chi connectivity index (χ3n) is 5.02. The molecule has 2 aromatic carbocycles. The molecule has 0 aliphatic rings. The number of carbonyl (C=O) groups excluding carboxylic acids is 1. The maximum Gasteiger partial charge on any atom is 0.232 e. The van der Waals surface area contributed by atoms with E-state index in [1.807, 2.05) is 57.2 Å². The van der Waals surface area contributed by atoms with Crippen molar-refractivity contribution in [3.8, 4) is 5.75 Å². The Kier molecular flexibility index (Phi) is 8.29. The number of hydrogen-bond donors (Lipinski definition) is 1. The van der Waals surface area contributed by atoms with Crippen molar-refractivity contribution in [3.05, 3.63) is 59.2 Å². The maximum absolute atomic E-state index is 12.5. The Morgan fingerprint density at radius 3 is 2.47 bits per heavy atom. The molecule has 0 aromatic heterocycles. The van der Waals surface area contributed by atoms with Crippen LogP contribution in [0.15, 0.2) is 42.5 Å². The standard InChI is InChI=1S/C23H32N2O4S/c1-6-21(19-12-13-22(29-4)18(3)16-19)24-23(26)11-8-14-25(30(5,27)28)20-10-7-9-17(2)15-20/h7,9-10,12-13,15-16,21H,6,8,11,14H2,1-5H3,(H,24,26)/t21-/m0/s1. The molecule has 0 heterocycles. The summed E-state index contributed by atoms with van der Waals surface area (Å²) in [5, 5.41) is 3.06. The van der Waals surface area contributed by atoms with Crippen molar-refractivity contribution in [2.75, 3.05) is 24.2 Å². The molecule has 0 unspecified atom stereocenters. The van der Waals surface area contributed by atoms with Gasteiger partial charge in [-0.25, -0.2) is 8.42 Å². The second-order valence-electron chi connectivity index (χ2n) is 7.54.